The van der Waals surface area contributed by atoms with Crippen molar-refractivity contribution in [2.24, 2.45) is 0 Å². The van der Waals surface area contributed by atoms with Gasteiger partial charge in [0.05, 0.1) is 6.04 Å². The van der Waals surface area contributed by atoms with E-state index in [-0.39, 0.29) is 6.04 Å². The summed E-state index contributed by atoms with van der Waals surface area (Å²) in [5.41, 5.74) is 2.25. The van der Waals surface area contributed by atoms with Gasteiger partial charge in [0.15, 0.2) is 0 Å². The van der Waals surface area contributed by atoms with Crippen molar-refractivity contribution in [2.45, 2.75) is 6.04 Å². The molecule has 0 saturated heterocycles. The normalized spacial score (nSPS) is 12.1. The lowest BCUT2D eigenvalue weighted by molar-refractivity contribution is 0.981. The van der Waals surface area contributed by atoms with Gasteiger partial charge in [-0.3, -0.25) is 0 Å². The van der Waals surface area contributed by atoms with Crippen LogP contribution in [0.4, 0.5) is 5.69 Å². The molecule has 0 aliphatic carbocycles. The van der Waals surface area contributed by atoms with E-state index in [9.17, 15) is 0 Å². The van der Waals surface area contributed by atoms with Crippen molar-refractivity contribution in [3.63, 3.8) is 0 Å². The third-order valence-electron chi connectivity index (χ3n) is 2.26. The molecule has 0 aliphatic rings. The van der Waals surface area contributed by atoms with Crippen molar-refractivity contribution in [1.29, 1.82) is 0 Å². The Balaban J connectivity index is 2.08. The van der Waals surface area contributed by atoms with Gasteiger partial charge in [-0.25, -0.2) is 0 Å². The van der Waals surface area contributed by atoms with E-state index in [1.165, 1.54) is 0 Å². The van der Waals surface area contributed by atoms with E-state index in [2.05, 4.69) is 18.3 Å². The highest BCUT2D eigenvalue weighted by Crippen LogP contribution is 2.17. The molecule has 0 aliphatic heterocycles. The van der Waals surface area contributed by atoms with Gasteiger partial charge in [-0.15, -0.1) is 0 Å². The maximum absolute atomic E-state index is 4.08. The summed E-state index contributed by atoms with van der Waals surface area (Å²) in [6.07, 6.45) is 0. The Morgan fingerprint density at radius 1 is 1.00 bits per heavy atom. The second-order valence-electron chi connectivity index (χ2n) is 3.40. The van der Waals surface area contributed by atoms with E-state index < -0.39 is 0 Å². The second kappa shape index (κ2) is 4.65. The third-order valence-corrected chi connectivity index (χ3v) is 2.26. The van der Waals surface area contributed by atoms with Gasteiger partial charge in [0, 0.05) is 5.69 Å². The largest absolute Gasteiger partial charge is 0.378 e. The lowest BCUT2D eigenvalue weighted by Gasteiger charge is -2.15. The first kappa shape index (κ1) is 9.78. The number of hydrogen-bond donors (Lipinski definition) is 1. The third kappa shape index (κ3) is 2.59. The summed E-state index contributed by atoms with van der Waals surface area (Å²) >= 11 is 0. The Morgan fingerprint density at radius 3 is 2.33 bits per heavy atom. The van der Waals surface area contributed by atoms with Crippen LogP contribution in [0.2, 0.25) is 0 Å². The summed E-state index contributed by atoms with van der Waals surface area (Å²) in [6.45, 7) is 4.08. The lowest BCUT2D eigenvalue weighted by atomic mass is 10.1. The van der Waals surface area contributed by atoms with Crippen LogP contribution in [0, 0.1) is 13.0 Å². The molecule has 0 bridgehead atoms. The Hall–Kier alpha value is -1.76. The predicted molar refractivity (Wildman–Crippen MR) is 63.4 cm³/mol. The van der Waals surface area contributed by atoms with Crippen LogP contribution in [-0.4, -0.2) is 0 Å². The average Bonchev–Trinajstić information content (AvgIpc) is 2.31. The van der Waals surface area contributed by atoms with Crippen LogP contribution in [0.3, 0.4) is 0 Å². The molecule has 1 N–H and O–H groups in total. The molecule has 15 heavy (non-hydrogen) atoms. The van der Waals surface area contributed by atoms with Crippen LogP contribution in [0.5, 0.6) is 0 Å². The van der Waals surface area contributed by atoms with Crippen LogP contribution >= 0.6 is 0 Å². The number of anilines is 1. The van der Waals surface area contributed by atoms with E-state index in [0.717, 1.165) is 11.3 Å². The Bertz CT molecular complexity index is 394. The molecule has 1 unspecified atom stereocenters. The summed E-state index contributed by atoms with van der Waals surface area (Å²) in [5, 5.41) is 3.33. The fourth-order valence-electron chi connectivity index (χ4n) is 1.45. The molecule has 0 aromatic heterocycles. The van der Waals surface area contributed by atoms with Gasteiger partial charge >= 0.3 is 0 Å². The SMILES string of the molecule is [CH2]C(Nc1ccccc1)c1cc[c]cc1. The van der Waals surface area contributed by atoms with Gasteiger partial charge < -0.3 is 5.32 Å². The first-order valence-electron chi connectivity index (χ1n) is 4.97. The number of benzene rings is 2. The van der Waals surface area contributed by atoms with Crippen molar-refractivity contribution < 1.29 is 0 Å². The van der Waals surface area contributed by atoms with Crippen LogP contribution in [0.1, 0.15) is 11.6 Å². The van der Waals surface area contributed by atoms with Crippen molar-refractivity contribution >= 4 is 5.69 Å². The molecule has 2 radical (unpaired) electrons. The van der Waals surface area contributed by atoms with Crippen LogP contribution in [0.25, 0.3) is 0 Å². The number of rotatable bonds is 3. The molecule has 1 heteroatoms. The van der Waals surface area contributed by atoms with Crippen LogP contribution in [0.15, 0.2) is 54.6 Å². The van der Waals surface area contributed by atoms with Gasteiger partial charge in [-0.1, -0.05) is 42.5 Å². The topological polar surface area (TPSA) is 12.0 Å². The molecular weight excluding hydrogens is 182 g/mol. The standard InChI is InChI=1S/C14H13N/c1-12(13-8-4-2-5-9-13)15-14-10-6-3-7-11-14/h3-12,15H,1H2. The molecule has 2 aromatic rings. The maximum atomic E-state index is 4.08. The van der Waals surface area contributed by atoms with Crippen molar-refractivity contribution in [3.05, 3.63) is 73.2 Å². The minimum atomic E-state index is 0.0713. The first-order valence-corrected chi connectivity index (χ1v) is 4.97. The zero-order valence-electron chi connectivity index (χ0n) is 8.48. The van der Waals surface area contributed by atoms with Gasteiger partial charge in [-0.05, 0) is 30.7 Å². The van der Waals surface area contributed by atoms with Gasteiger partial charge in [0.2, 0.25) is 0 Å². The van der Waals surface area contributed by atoms with Gasteiger partial charge in [-0.2, -0.15) is 0 Å². The van der Waals surface area contributed by atoms with Crippen LogP contribution in [-0.2, 0) is 0 Å². The average molecular weight is 195 g/mol. The second-order valence-corrected chi connectivity index (χ2v) is 3.40. The molecular formula is C14H13N. The predicted octanol–water partition coefficient (Wildman–Crippen LogP) is 3.47. The Labute approximate surface area is 90.8 Å². The summed E-state index contributed by atoms with van der Waals surface area (Å²) < 4.78 is 0. The minimum Gasteiger partial charge on any atom is -0.378 e. The smallest absolute Gasteiger partial charge is 0.0514 e. The molecule has 74 valence electrons. The first-order chi connectivity index (χ1) is 7.36. The summed E-state index contributed by atoms with van der Waals surface area (Å²) in [4.78, 5) is 0. The highest BCUT2D eigenvalue weighted by molar-refractivity contribution is 5.45. The zero-order chi connectivity index (χ0) is 10.5. The molecule has 0 spiro atoms. The molecule has 0 saturated carbocycles. The number of para-hydroxylation sites is 1. The van der Waals surface area contributed by atoms with Gasteiger partial charge in [0.1, 0.15) is 0 Å². The van der Waals surface area contributed by atoms with E-state index >= 15 is 0 Å². The van der Waals surface area contributed by atoms with E-state index in [0.29, 0.717) is 0 Å². The van der Waals surface area contributed by atoms with E-state index in [1.807, 2.05) is 54.6 Å². The zero-order valence-corrected chi connectivity index (χ0v) is 8.48. The maximum Gasteiger partial charge on any atom is 0.0514 e. The molecule has 2 aromatic carbocycles. The summed E-state index contributed by atoms with van der Waals surface area (Å²) in [6, 6.07) is 21.0. The fourth-order valence-corrected chi connectivity index (χ4v) is 1.45. The van der Waals surface area contributed by atoms with Crippen molar-refractivity contribution in [1.82, 2.24) is 0 Å². The Kier molecular flexibility index (Phi) is 3.03. The fraction of sp³-hybridized carbons (Fsp3) is 0.0714. The van der Waals surface area contributed by atoms with Crippen LogP contribution < -0.4 is 5.32 Å². The van der Waals surface area contributed by atoms with Gasteiger partial charge in [0.25, 0.3) is 0 Å². The molecule has 0 heterocycles. The molecule has 1 nitrogen and oxygen atoms in total. The number of hydrogen-bond acceptors (Lipinski definition) is 1. The monoisotopic (exact) mass is 195 g/mol. The minimum absolute atomic E-state index is 0.0713. The molecule has 0 amide bonds. The molecule has 0 fully saturated rings. The molecule has 2 rings (SSSR count). The highest BCUT2D eigenvalue weighted by Gasteiger charge is 2.03. The van der Waals surface area contributed by atoms with E-state index in [4.69, 9.17) is 0 Å². The lowest BCUT2D eigenvalue weighted by Crippen LogP contribution is -2.06. The Morgan fingerprint density at radius 2 is 1.67 bits per heavy atom. The van der Waals surface area contributed by atoms with Crippen molar-refractivity contribution in [3.8, 4) is 0 Å². The summed E-state index contributed by atoms with van der Waals surface area (Å²) in [5.74, 6) is 0. The van der Waals surface area contributed by atoms with E-state index in [1.54, 1.807) is 0 Å². The summed E-state index contributed by atoms with van der Waals surface area (Å²) in [7, 11) is 0. The highest BCUT2D eigenvalue weighted by atomic mass is 14.9. The quantitative estimate of drug-likeness (QED) is 0.790. The number of nitrogens with one attached hydrogen (secondary N) is 1. The van der Waals surface area contributed by atoms with Crippen molar-refractivity contribution in [2.75, 3.05) is 5.32 Å². The molecule has 1 atom stereocenters.